The van der Waals surface area contributed by atoms with Crippen molar-refractivity contribution >= 4 is 40.8 Å². The fourth-order valence-corrected chi connectivity index (χ4v) is 3.40. The van der Waals surface area contributed by atoms with Crippen molar-refractivity contribution in [2.24, 2.45) is 0 Å². The minimum absolute atomic E-state index is 0.00199. The molecule has 0 atom stereocenters. The number of thiol groups is 1. The third-order valence-corrected chi connectivity index (χ3v) is 4.56. The van der Waals surface area contributed by atoms with Gasteiger partial charge < -0.3 is 14.6 Å². The first-order valence-corrected chi connectivity index (χ1v) is 8.79. The molecule has 0 unspecified atom stereocenters. The van der Waals surface area contributed by atoms with Gasteiger partial charge >= 0.3 is 5.97 Å². The summed E-state index contributed by atoms with van der Waals surface area (Å²) in [6, 6.07) is 13.9. The van der Waals surface area contributed by atoms with E-state index in [9.17, 15) is 19.8 Å². The highest BCUT2D eigenvalue weighted by molar-refractivity contribution is 7.94. The molecule has 2 aromatic rings. The van der Waals surface area contributed by atoms with Gasteiger partial charge in [-0.3, -0.25) is 4.79 Å². The van der Waals surface area contributed by atoms with Crippen LogP contribution in [0.5, 0.6) is 5.75 Å². The number of hydrogen-bond acceptors (Lipinski definition) is 4. The summed E-state index contributed by atoms with van der Waals surface area (Å²) in [5.74, 6) is -0.788. The van der Waals surface area contributed by atoms with Crippen molar-refractivity contribution < 1.29 is 24.4 Å². The van der Waals surface area contributed by atoms with Gasteiger partial charge in [-0.15, -0.1) is 0 Å². The first-order chi connectivity index (χ1) is 13.5. The molecule has 4 rings (SSSR count). The van der Waals surface area contributed by atoms with E-state index in [1.165, 1.54) is 35.9 Å². The standard InChI is InChI=1S/C21H13NO5S/c23-12-2-5-15-18(8-12)27-19-9-13(24)3-6-16(19)20(15)14-4-1-11(22-10-28)7-17(14)21(25)26/h1-10,23H,(H,22,28)(H,25,26)/p+1. The number of hydrogen-bond donors (Lipinski definition) is 4. The van der Waals surface area contributed by atoms with Crippen molar-refractivity contribution in [3.63, 3.8) is 0 Å². The zero-order valence-electron chi connectivity index (χ0n) is 14.3. The number of phenols is 1. The molecule has 1 heterocycles. The Morgan fingerprint density at radius 3 is 2.57 bits per heavy atom. The quantitative estimate of drug-likeness (QED) is 0.186. The van der Waals surface area contributed by atoms with E-state index in [1.807, 2.05) is 0 Å². The maximum absolute atomic E-state index is 12.0. The summed E-state index contributed by atoms with van der Waals surface area (Å²) in [4.78, 5) is 26.6. The zero-order chi connectivity index (χ0) is 19.8. The molecule has 0 spiro atoms. The van der Waals surface area contributed by atoms with Gasteiger partial charge in [0, 0.05) is 40.8 Å². The highest BCUT2D eigenvalue weighted by Crippen LogP contribution is 2.42. The average molecular weight is 392 g/mol. The summed E-state index contributed by atoms with van der Waals surface area (Å²) in [5.41, 5.74) is 3.84. The number of rotatable bonds is 3. The molecule has 0 fully saturated rings. The second kappa shape index (κ2) is 6.86. The van der Waals surface area contributed by atoms with Gasteiger partial charge in [-0.25, -0.2) is 9.79 Å². The molecule has 0 radical (unpaired) electrons. The minimum Gasteiger partial charge on any atom is -0.508 e. The maximum Gasteiger partial charge on any atom is 0.336 e. The molecule has 28 heavy (non-hydrogen) atoms. The van der Waals surface area contributed by atoms with Gasteiger partial charge in [-0.2, -0.15) is 0 Å². The number of aromatic hydroxyl groups is 1. The van der Waals surface area contributed by atoms with Crippen molar-refractivity contribution in [2.75, 3.05) is 0 Å². The van der Waals surface area contributed by atoms with Gasteiger partial charge in [-0.1, -0.05) is 12.6 Å². The van der Waals surface area contributed by atoms with Crippen LogP contribution >= 0.6 is 12.6 Å². The number of carboxylic acids is 1. The number of carbonyl (C=O) groups is 1. The fourth-order valence-electron chi connectivity index (χ4n) is 3.25. The van der Waals surface area contributed by atoms with Crippen LogP contribution in [-0.2, 0) is 0 Å². The van der Waals surface area contributed by atoms with Gasteiger partial charge in [0.05, 0.1) is 5.56 Å². The zero-order valence-corrected chi connectivity index (χ0v) is 15.2. The van der Waals surface area contributed by atoms with E-state index in [0.717, 1.165) is 0 Å². The third kappa shape index (κ3) is 3.01. The van der Waals surface area contributed by atoms with E-state index in [4.69, 9.17) is 4.42 Å². The van der Waals surface area contributed by atoms with E-state index in [0.29, 0.717) is 39.1 Å². The Bertz CT molecular complexity index is 1290. The van der Waals surface area contributed by atoms with E-state index < -0.39 is 5.97 Å². The largest absolute Gasteiger partial charge is 0.508 e. The Kier molecular flexibility index (Phi) is 4.37. The summed E-state index contributed by atoms with van der Waals surface area (Å²) in [7, 11) is 0. The summed E-state index contributed by atoms with van der Waals surface area (Å²) in [6.07, 6.45) is 0. The van der Waals surface area contributed by atoms with Gasteiger partial charge in [0.25, 0.3) is 0 Å². The highest BCUT2D eigenvalue weighted by atomic mass is 32.1. The fraction of sp³-hybridized carbons (Fsp3) is 0. The molecule has 3 N–H and O–H groups in total. The predicted octanol–water partition coefficient (Wildman–Crippen LogP) is 2.64. The average Bonchev–Trinajstić information content (AvgIpc) is 2.66. The van der Waals surface area contributed by atoms with Crippen molar-refractivity contribution in [1.82, 2.24) is 0 Å². The normalized spacial score (nSPS) is 11.5. The second-order valence-corrected chi connectivity index (χ2v) is 6.41. The highest BCUT2D eigenvalue weighted by Gasteiger charge is 2.22. The number of fused-ring (bicyclic) bond motifs is 2. The summed E-state index contributed by atoms with van der Waals surface area (Å²) >= 11 is 3.98. The number of aromatic carboxylic acids is 1. The number of benzene rings is 3. The molecule has 0 bridgehead atoms. The van der Waals surface area contributed by atoms with Crippen LogP contribution in [0.2, 0.25) is 0 Å². The molecule has 0 saturated carbocycles. The molecule has 0 saturated heterocycles. The molecule has 2 aromatic carbocycles. The van der Waals surface area contributed by atoms with Crippen LogP contribution in [0.25, 0.3) is 33.4 Å². The van der Waals surface area contributed by atoms with Gasteiger partial charge in [0.2, 0.25) is 5.69 Å². The molecule has 1 aliphatic heterocycles. The lowest BCUT2D eigenvalue weighted by molar-refractivity contribution is -0.344. The van der Waals surface area contributed by atoms with Crippen molar-refractivity contribution in [2.45, 2.75) is 0 Å². The smallest absolute Gasteiger partial charge is 0.336 e. The van der Waals surface area contributed by atoms with Crippen molar-refractivity contribution in [1.29, 1.82) is 0 Å². The van der Waals surface area contributed by atoms with E-state index >= 15 is 0 Å². The Morgan fingerprint density at radius 2 is 1.82 bits per heavy atom. The Labute approximate surface area is 164 Å². The lowest BCUT2D eigenvalue weighted by Gasteiger charge is -2.16. The van der Waals surface area contributed by atoms with Crippen molar-refractivity contribution in [3.8, 4) is 28.2 Å². The van der Waals surface area contributed by atoms with Crippen LogP contribution in [0.15, 0.2) is 63.8 Å². The summed E-state index contributed by atoms with van der Waals surface area (Å²) < 4.78 is 5.80. The van der Waals surface area contributed by atoms with Crippen molar-refractivity contribution in [3.05, 3.63) is 70.4 Å². The minimum atomic E-state index is -1.10. The number of carboxylic acid groups (broad SMARTS) is 1. The van der Waals surface area contributed by atoms with Crippen LogP contribution in [-0.4, -0.2) is 21.7 Å². The predicted molar refractivity (Wildman–Crippen MR) is 109 cm³/mol. The summed E-state index contributed by atoms with van der Waals surface area (Å²) in [5, 5.41) is 20.2. The van der Waals surface area contributed by atoms with Gasteiger partial charge in [0.1, 0.15) is 17.1 Å². The topological polar surface area (TPSA) is 102 Å². The monoisotopic (exact) mass is 392 g/mol. The molecular weight excluding hydrogens is 378 g/mol. The first-order valence-electron chi connectivity index (χ1n) is 8.27. The first kappa shape index (κ1) is 17.8. The third-order valence-electron chi connectivity index (χ3n) is 4.43. The van der Waals surface area contributed by atoms with E-state index in [-0.39, 0.29) is 16.7 Å². The lowest BCUT2D eigenvalue weighted by atomic mass is 9.90. The van der Waals surface area contributed by atoms with Crippen LogP contribution in [0.4, 0.5) is 5.69 Å². The Balaban J connectivity index is 2.16. The molecule has 138 valence electrons. The van der Waals surface area contributed by atoms with Gasteiger partial charge in [-0.05, 0) is 35.9 Å². The van der Waals surface area contributed by atoms with E-state index in [1.54, 1.807) is 24.3 Å². The van der Waals surface area contributed by atoms with Gasteiger partial charge in [0.15, 0.2) is 11.0 Å². The summed E-state index contributed by atoms with van der Waals surface area (Å²) in [6.45, 7) is 0. The number of phenolic OH excluding ortho intramolecular Hbond substituents is 1. The van der Waals surface area contributed by atoms with Crippen LogP contribution in [0.3, 0.4) is 0 Å². The lowest BCUT2D eigenvalue weighted by Crippen LogP contribution is -2.60. The second-order valence-electron chi connectivity index (χ2n) is 6.15. The molecule has 2 aliphatic rings. The van der Waals surface area contributed by atoms with Crippen LogP contribution < -0.4 is 10.4 Å². The van der Waals surface area contributed by atoms with Crippen LogP contribution in [0.1, 0.15) is 10.4 Å². The molecule has 7 heteroatoms. The molecule has 0 aromatic heterocycles. The Hall–Kier alpha value is -3.58. The molecule has 6 nitrogen and oxygen atoms in total. The molecule has 0 amide bonds. The Morgan fingerprint density at radius 1 is 1.04 bits per heavy atom. The molecular formula is C21H14NO5S+. The SMILES string of the molecule is O=C(O)c1cc([NH+]=CS)ccc1-c1c2ccc(=O)cc-2oc2cc(O)ccc12. The number of nitrogens with one attached hydrogen (secondary N) is 1. The van der Waals surface area contributed by atoms with Crippen LogP contribution in [0, 0.1) is 0 Å². The maximum atomic E-state index is 12.0. The van der Waals surface area contributed by atoms with E-state index in [2.05, 4.69) is 17.6 Å². The molecule has 1 aliphatic carbocycles.